The van der Waals surface area contributed by atoms with Gasteiger partial charge in [0.1, 0.15) is 0 Å². The lowest BCUT2D eigenvalue weighted by molar-refractivity contribution is -0.148. The molecule has 1 aliphatic carbocycles. The van der Waals surface area contributed by atoms with E-state index < -0.39 is 0 Å². The van der Waals surface area contributed by atoms with Gasteiger partial charge in [0.2, 0.25) is 0 Å². The second-order valence-corrected chi connectivity index (χ2v) is 4.76. The number of allylic oxidation sites excluding steroid dienone is 2. The zero-order chi connectivity index (χ0) is 15.2. The number of carbonyl (C=O) groups excluding carboxylic acids is 1. The van der Waals surface area contributed by atoms with Crippen molar-refractivity contribution in [1.29, 1.82) is 0 Å². The topological polar surface area (TPSA) is 70.5 Å². The third-order valence-electron chi connectivity index (χ3n) is 3.50. The van der Waals surface area contributed by atoms with E-state index in [0.717, 1.165) is 24.1 Å². The molecule has 2 rings (SSSR count). The van der Waals surface area contributed by atoms with Gasteiger partial charge < -0.3 is 14.2 Å². The van der Waals surface area contributed by atoms with Crippen molar-refractivity contribution in [3.8, 4) is 11.6 Å². The van der Waals surface area contributed by atoms with Crippen molar-refractivity contribution in [3.05, 3.63) is 17.8 Å². The number of hydrogen-bond acceptors (Lipinski definition) is 6. The Balaban J connectivity index is 2.12. The van der Waals surface area contributed by atoms with E-state index in [0.29, 0.717) is 24.7 Å². The summed E-state index contributed by atoms with van der Waals surface area (Å²) in [5, 5.41) is 8.15. The Hall–Kier alpha value is -2.11. The lowest BCUT2D eigenvalue weighted by Crippen LogP contribution is -2.19. The first-order valence-electron chi connectivity index (χ1n) is 7.01. The quantitative estimate of drug-likeness (QED) is 0.775. The van der Waals surface area contributed by atoms with Crippen LogP contribution in [0.2, 0.25) is 0 Å². The SMILES string of the molecule is CCOC(=O)C1CC=C(c2cc(OC)c(OC)nn2)CC1. The van der Waals surface area contributed by atoms with E-state index in [1.165, 1.54) is 7.11 Å². The molecule has 1 heterocycles. The highest BCUT2D eigenvalue weighted by Gasteiger charge is 2.24. The molecule has 1 aromatic rings. The first-order chi connectivity index (χ1) is 10.2. The highest BCUT2D eigenvalue weighted by molar-refractivity contribution is 5.75. The van der Waals surface area contributed by atoms with E-state index >= 15 is 0 Å². The summed E-state index contributed by atoms with van der Waals surface area (Å²) in [4.78, 5) is 11.7. The van der Waals surface area contributed by atoms with Crippen LogP contribution in [0, 0.1) is 5.92 Å². The first kappa shape index (κ1) is 15.3. The molecule has 21 heavy (non-hydrogen) atoms. The average Bonchev–Trinajstić information content (AvgIpc) is 2.54. The molecular weight excluding hydrogens is 272 g/mol. The van der Waals surface area contributed by atoms with Gasteiger partial charge >= 0.3 is 5.97 Å². The van der Waals surface area contributed by atoms with Crippen molar-refractivity contribution >= 4 is 11.5 Å². The molecule has 0 N–H and O–H groups in total. The van der Waals surface area contributed by atoms with Crippen LogP contribution in [0.3, 0.4) is 0 Å². The molecule has 114 valence electrons. The number of ether oxygens (including phenoxy) is 3. The third-order valence-corrected chi connectivity index (χ3v) is 3.50. The Morgan fingerprint density at radius 2 is 2.14 bits per heavy atom. The highest BCUT2D eigenvalue weighted by atomic mass is 16.5. The van der Waals surface area contributed by atoms with Crippen molar-refractivity contribution in [2.24, 2.45) is 5.92 Å². The van der Waals surface area contributed by atoms with Gasteiger partial charge in [0.05, 0.1) is 32.4 Å². The molecule has 0 radical (unpaired) electrons. The van der Waals surface area contributed by atoms with Crippen LogP contribution < -0.4 is 9.47 Å². The maximum Gasteiger partial charge on any atom is 0.309 e. The van der Waals surface area contributed by atoms with Crippen LogP contribution >= 0.6 is 0 Å². The number of carbonyl (C=O) groups is 1. The zero-order valence-electron chi connectivity index (χ0n) is 12.6. The van der Waals surface area contributed by atoms with Gasteiger partial charge in [0.25, 0.3) is 5.88 Å². The fourth-order valence-electron chi connectivity index (χ4n) is 2.35. The minimum atomic E-state index is -0.119. The number of aromatic nitrogens is 2. The molecule has 0 saturated carbocycles. The predicted octanol–water partition coefficient (Wildman–Crippen LogP) is 2.24. The number of nitrogens with zero attached hydrogens (tertiary/aromatic N) is 2. The molecular formula is C15H20N2O4. The van der Waals surface area contributed by atoms with Gasteiger partial charge in [-0.25, -0.2) is 0 Å². The average molecular weight is 292 g/mol. The standard InChI is InChI=1S/C15H20N2O4/c1-4-21-15(18)11-7-5-10(6-8-11)12-9-13(19-2)14(20-3)17-16-12/h5,9,11H,4,6-8H2,1-3H3. The van der Waals surface area contributed by atoms with E-state index in [4.69, 9.17) is 14.2 Å². The summed E-state index contributed by atoms with van der Waals surface area (Å²) in [6, 6.07) is 1.81. The smallest absolute Gasteiger partial charge is 0.309 e. The largest absolute Gasteiger partial charge is 0.491 e. The minimum Gasteiger partial charge on any atom is -0.491 e. The molecule has 6 heteroatoms. The predicted molar refractivity (Wildman–Crippen MR) is 77.1 cm³/mol. The van der Waals surface area contributed by atoms with Crippen molar-refractivity contribution in [2.45, 2.75) is 26.2 Å². The Bertz CT molecular complexity index is 542. The number of hydrogen-bond donors (Lipinski definition) is 0. The van der Waals surface area contributed by atoms with E-state index in [9.17, 15) is 4.79 Å². The third kappa shape index (κ3) is 3.51. The monoisotopic (exact) mass is 292 g/mol. The molecule has 0 amide bonds. The number of rotatable bonds is 5. The van der Waals surface area contributed by atoms with Gasteiger partial charge in [-0.15, -0.1) is 10.2 Å². The van der Waals surface area contributed by atoms with Crippen LogP contribution in [0.5, 0.6) is 11.6 Å². The summed E-state index contributed by atoms with van der Waals surface area (Å²) in [7, 11) is 3.09. The highest BCUT2D eigenvalue weighted by Crippen LogP contribution is 2.32. The summed E-state index contributed by atoms with van der Waals surface area (Å²) in [5.74, 6) is 0.742. The van der Waals surface area contributed by atoms with E-state index in [1.54, 1.807) is 7.11 Å². The van der Waals surface area contributed by atoms with Gasteiger partial charge in [-0.05, 0) is 31.8 Å². The molecule has 0 fully saturated rings. The van der Waals surface area contributed by atoms with Crippen molar-refractivity contribution in [3.63, 3.8) is 0 Å². The van der Waals surface area contributed by atoms with Crippen molar-refractivity contribution in [2.75, 3.05) is 20.8 Å². The van der Waals surface area contributed by atoms with E-state index in [2.05, 4.69) is 10.2 Å². The maximum atomic E-state index is 11.7. The Morgan fingerprint density at radius 3 is 2.71 bits per heavy atom. The summed E-state index contributed by atoms with van der Waals surface area (Å²) in [6.45, 7) is 2.24. The van der Waals surface area contributed by atoms with Crippen LogP contribution in [0.15, 0.2) is 12.1 Å². The maximum absolute atomic E-state index is 11.7. The van der Waals surface area contributed by atoms with Gasteiger partial charge in [-0.2, -0.15) is 0 Å². The fraction of sp³-hybridized carbons (Fsp3) is 0.533. The lowest BCUT2D eigenvalue weighted by atomic mass is 9.88. The van der Waals surface area contributed by atoms with E-state index in [-0.39, 0.29) is 11.9 Å². The minimum absolute atomic E-state index is 0.0539. The van der Waals surface area contributed by atoms with Gasteiger partial charge in [-0.3, -0.25) is 4.79 Å². The van der Waals surface area contributed by atoms with Gasteiger partial charge in [-0.1, -0.05) is 6.08 Å². The summed E-state index contributed by atoms with van der Waals surface area (Å²) < 4.78 is 15.4. The molecule has 1 atom stereocenters. The summed E-state index contributed by atoms with van der Waals surface area (Å²) in [6.07, 6.45) is 4.24. The van der Waals surface area contributed by atoms with Crippen LogP contribution in [-0.2, 0) is 9.53 Å². The molecule has 0 bridgehead atoms. The Kier molecular flexibility index (Phi) is 5.14. The molecule has 1 unspecified atom stereocenters. The second-order valence-electron chi connectivity index (χ2n) is 4.76. The zero-order valence-corrected chi connectivity index (χ0v) is 12.6. The van der Waals surface area contributed by atoms with Crippen LogP contribution in [-0.4, -0.2) is 37.0 Å². The molecule has 0 aromatic carbocycles. The number of methoxy groups -OCH3 is 2. The molecule has 1 aromatic heterocycles. The first-order valence-corrected chi connectivity index (χ1v) is 7.01. The Labute approximate surface area is 124 Å². The Morgan fingerprint density at radius 1 is 1.33 bits per heavy atom. The number of esters is 1. The summed E-state index contributed by atoms with van der Waals surface area (Å²) in [5.41, 5.74) is 1.83. The molecule has 1 aliphatic rings. The second kappa shape index (κ2) is 7.06. The molecule has 0 saturated heterocycles. The summed E-state index contributed by atoms with van der Waals surface area (Å²) >= 11 is 0. The normalized spacial score (nSPS) is 17.9. The molecule has 6 nitrogen and oxygen atoms in total. The van der Waals surface area contributed by atoms with Crippen molar-refractivity contribution < 1.29 is 19.0 Å². The van der Waals surface area contributed by atoms with Gasteiger partial charge in [0, 0.05) is 6.07 Å². The van der Waals surface area contributed by atoms with Crippen LogP contribution in [0.4, 0.5) is 0 Å². The van der Waals surface area contributed by atoms with Gasteiger partial charge in [0.15, 0.2) is 5.75 Å². The molecule has 0 spiro atoms. The fourth-order valence-corrected chi connectivity index (χ4v) is 2.35. The van der Waals surface area contributed by atoms with E-state index in [1.807, 2.05) is 19.1 Å². The van der Waals surface area contributed by atoms with Crippen LogP contribution in [0.25, 0.3) is 5.57 Å². The van der Waals surface area contributed by atoms with Crippen molar-refractivity contribution in [1.82, 2.24) is 10.2 Å². The van der Waals surface area contributed by atoms with Crippen LogP contribution in [0.1, 0.15) is 31.9 Å². The molecule has 0 aliphatic heterocycles. The lowest BCUT2D eigenvalue weighted by Gasteiger charge is -2.20.